The third kappa shape index (κ3) is 2.92. The first-order chi connectivity index (χ1) is 7.35. The van der Waals surface area contributed by atoms with E-state index in [0.717, 1.165) is 19.4 Å². The summed E-state index contributed by atoms with van der Waals surface area (Å²) in [6.45, 7) is 2.50. The summed E-state index contributed by atoms with van der Waals surface area (Å²) in [5.41, 5.74) is 0.0547. The van der Waals surface area contributed by atoms with Gasteiger partial charge in [0.1, 0.15) is 0 Å². The summed E-state index contributed by atoms with van der Waals surface area (Å²) in [5.74, 6) is 0. The first-order valence-corrected chi connectivity index (χ1v) is 6.44. The van der Waals surface area contributed by atoms with Crippen LogP contribution in [0.3, 0.4) is 0 Å². The average molecular weight is 212 g/mol. The van der Waals surface area contributed by atoms with Gasteiger partial charge in [0.05, 0.1) is 6.61 Å². The van der Waals surface area contributed by atoms with Gasteiger partial charge in [-0.3, -0.25) is 0 Å². The van der Waals surface area contributed by atoms with Crippen molar-refractivity contribution in [3.8, 4) is 0 Å². The number of nitrogens with one attached hydrogen (secondary N) is 2. The molecule has 1 unspecified atom stereocenters. The highest BCUT2D eigenvalue weighted by Gasteiger charge is 2.33. The Hall–Kier alpha value is -0.120. The minimum absolute atomic E-state index is 0.0547. The van der Waals surface area contributed by atoms with Gasteiger partial charge in [0.2, 0.25) is 0 Å². The third-order valence-corrected chi connectivity index (χ3v) is 4.00. The van der Waals surface area contributed by atoms with Gasteiger partial charge in [-0.1, -0.05) is 19.3 Å². The van der Waals surface area contributed by atoms with E-state index in [-0.39, 0.29) is 5.54 Å². The molecule has 0 spiro atoms. The van der Waals surface area contributed by atoms with Crippen LogP contribution >= 0.6 is 0 Å². The second-order valence-electron chi connectivity index (χ2n) is 5.17. The molecule has 0 amide bonds. The molecule has 2 fully saturated rings. The molecule has 3 heteroatoms. The summed E-state index contributed by atoms with van der Waals surface area (Å²) in [5, 5.41) is 16.6. The van der Waals surface area contributed by atoms with Crippen molar-refractivity contribution in [2.75, 3.05) is 19.7 Å². The lowest BCUT2D eigenvalue weighted by Gasteiger charge is -2.32. The Balaban J connectivity index is 1.75. The standard InChI is InChI=1S/C12H24N2O/c15-10-12(6-2-3-7-12)14-9-11-5-1-4-8-13-11/h11,13-15H,1-10H2. The lowest BCUT2D eigenvalue weighted by molar-refractivity contribution is 0.158. The van der Waals surface area contributed by atoms with E-state index in [1.54, 1.807) is 0 Å². The van der Waals surface area contributed by atoms with Crippen LogP contribution < -0.4 is 10.6 Å². The number of piperidine rings is 1. The Morgan fingerprint density at radius 3 is 2.60 bits per heavy atom. The Labute approximate surface area is 92.6 Å². The first-order valence-electron chi connectivity index (χ1n) is 6.44. The fourth-order valence-corrected chi connectivity index (χ4v) is 2.88. The summed E-state index contributed by atoms with van der Waals surface area (Å²) < 4.78 is 0. The maximum atomic E-state index is 9.46. The predicted molar refractivity (Wildman–Crippen MR) is 61.9 cm³/mol. The second-order valence-corrected chi connectivity index (χ2v) is 5.17. The van der Waals surface area contributed by atoms with Crippen LogP contribution in [0.15, 0.2) is 0 Å². The lowest BCUT2D eigenvalue weighted by atomic mass is 9.97. The van der Waals surface area contributed by atoms with Crippen LogP contribution in [0.25, 0.3) is 0 Å². The molecular weight excluding hydrogens is 188 g/mol. The van der Waals surface area contributed by atoms with Crippen LogP contribution in [0.4, 0.5) is 0 Å². The molecule has 0 aromatic heterocycles. The molecule has 1 aliphatic heterocycles. The highest BCUT2D eigenvalue weighted by molar-refractivity contribution is 4.93. The van der Waals surface area contributed by atoms with E-state index >= 15 is 0 Å². The minimum atomic E-state index is 0.0547. The topological polar surface area (TPSA) is 44.3 Å². The highest BCUT2D eigenvalue weighted by atomic mass is 16.3. The van der Waals surface area contributed by atoms with Crippen molar-refractivity contribution in [1.29, 1.82) is 0 Å². The molecule has 0 radical (unpaired) electrons. The molecule has 1 atom stereocenters. The van der Waals surface area contributed by atoms with Crippen LogP contribution in [0.5, 0.6) is 0 Å². The molecule has 1 aliphatic carbocycles. The van der Waals surface area contributed by atoms with E-state index in [1.807, 2.05) is 0 Å². The first kappa shape index (κ1) is 11.4. The maximum Gasteiger partial charge on any atom is 0.0613 e. The molecular formula is C12H24N2O. The normalized spacial score (nSPS) is 30.6. The van der Waals surface area contributed by atoms with Crippen LogP contribution in [0.2, 0.25) is 0 Å². The molecule has 0 aromatic carbocycles. The summed E-state index contributed by atoms with van der Waals surface area (Å²) in [4.78, 5) is 0. The summed E-state index contributed by atoms with van der Waals surface area (Å²) in [7, 11) is 0. The highest BCUT2D eigenvalue weighted by Crippen LogP contribution is 2.29. The summed E-state index contributed by atoms with van der Waals surface area (Å²) >= 11 is 0. The fourth-order valence-electron chi connectivity index (χ4n) is 2.88. The quantitative estimate of drug-likeness (QED) is 0.652. The van der Waals surface area contributed by atoms with Crippen LogP contribution in [0.1, 0.15) is 44.9 Å². The number of aliphatic hydroxyl groups excluding tert-OH is 1. The van der Waals surface area contributed by atoms with E-state index in [4.69, 9.17) is 0 Å². The van der Waals surface area contributed by atoms with Crippen molar-refractivity contribution < 1.29 is 5.11 Å². The van der Waals surface area contributed by atoms with E-state index in [0.29, 0.717) is 12.6 Å². The lowest BCUT2D eigenvalue weighted by Crippen LogP contribution is -2.52. The fraction of sp³-hybridized carbons (Fsp3) is 1.00. The van der Waals surface area contributed by atoms with E-state index in [9.17, 15) is 5.11 Å². The molecule has 2 aliphatic rings. The Morgan fingerprint density at radius 1 is 1.20 bits per heavy atom. The van der Waals surface area contributed by atoms with Gasteiger partial charge in [-0.15, -0.1) is 0 Å². The van der Waals surface area contributed by atoms with Crippen molar-refractivity contribution >= 4 is 0 Å². The minimum Gasteiger partial charge on any atom is -0.394 e. The molecule has 2 rings (SSSR count). The van der Waals surface area contributed by atoms with Gasteiger partial charge in [0, 0.05) is 18.1 Å². The molecule has 3 nitrogen and oxygen atoms in total. The van der Waals surface area contributed by atoms with Gasteiger partial charge >= 0.3 is 0 Å². The van der Waals surface area contributed by atoms with Crippen LogP contribution in [-0.2, 0) is 0 Å². The Morgan fingerprint density at radius 2 is 2.00 bits per heavy atom. The van der Waals surface area contributed by atoms with E-state index < -0.39 is 0 Å². The van der Waals surface area contributed by atoms with E-state index in [2.05, 4.69) is 10.6 Å². The van der Waals surface area contributed by atoms with Gasteiger partial charge in [-0.2, -0.15) is 0 Å². The number of hydrogen-bond acceptors (Lipinski definition) is 3. The molecule has 15 heavy (non-hydrogen) atoms. The molecule has 1 saturated heterocycles. The van der Waals surface area contributed by atoms with Crippen LogP contribution in [-0.4, -0.2) is 36.4 Å². The van der Waals surface area contributed by atoms with Crippen molar-refractivity contribution in [3.63, 3.8) is 0 Å². The van der Waals surface area contributed by atoms with Gasteiger partial charge in [-0.25, -0.2) is 0 Å². The van der Waals surface area contributed by atoms with Gasteiger partial charge in [-0.05, 0) is 32.2 Å². The van der Waals surface area contributed by atoms with Crippen molar-refractivity contribution in [2.45, 2.75) is 56.5 Å². The number of aliphatic hydroxyl groups is 1. The summed E-state index contributed by atoms with van der Waals surface area (Å²) in [6.07, 6.45) is 8.80. The SMILES string of the molecule is OCC1(NCC2CCCCN2)CCCC1. The van der Waals surface area contributed by atoms with Crippen molar-refractivity contribution in [1.82, 2.24) is 10.6 Å². The molecule has 0 bridgehead atoms. The van der Waals surface area contributed by atoms with Crippen molar-refractivity contribution in [3.05, 3.63) is 0 Å². The Bertz CT molecular complexity index is 184. The van der Waals surface area contributed by atoms with Gasteiger partial charge in [0.25, 0.3) is 0 Å². The number of rotatable bonds is 4. The van der Waals surface area contributed by atoms with Crippen molar-refractivity contribution in [2.24, 2.45) is 0 Å². The summed E-state index contributed by atoms with van der Waals surface area (Å²) in [6, 6.07) is 0.628. The largest absolute Gasteiger partial charge is 0.394 e. The number of hydrogen-bond donors (Lipinski definition) is 3. The zero-order valence-corrected chi connectivity index (χ0v) is 9.60. The zero-order chi connectivity index (χ0) is 10.6. The molecule has 88 valence electrons. The monoisotopic (exact) mass is 212 g/mol. The third-order valence-electron chi connectivity index (χ3n) is 4.00. The van der Waals surface area contributed by atoms with E-state index in [1.165, 1.54) is 38.6 Å². The molecule has 3 N–H and O–H groups in total. The molecule has 1 heterocycles. The second kappa shape index (κ2) is 5.28. The van der Waals surface area contributed by atoms with Gasteiger partial charge < -0.3 is 15.7 Å². The molecule has 0 aromatic rings. The van der Waals surface area contributed by atoms with Gasteiger partial charge in [0.15, 0.2) is 0 Å². The smallest absolute Gasteiger partial charge is 0.0613 e. The zero-order valence-electron chi connectivity index (χ0n) is 9.60. The molecule has 1 saturated carbocycles. The Kier molecular flexibility index (Phi) is 4.00. The average Bonchev–Trinajstić information content (AvgIpc) is 2.77. The maximum absolute atomic E-state index is 9.46. The van der Waals surface area contributed by atoms with Crippen LogP contribution in [0, 0.1) is 0 Å². The predicted octanol–water partition coefficient (Wildman–Crippen LogP) is 1.02.